The van der Waals surface area contributed by atoms with Crippen molar-refractivity contribution in [2.75, 3.05) is 18.5 Å². The van der Waals surface area contributed by atoms with Crippen molar-refractivity contribution in [1.82, 2.24) is 9.78 Å². The van der Waals surface area contributed by atoms with Crippen LogP contribution in [0, 0.1) is 0 Å². The van der Waals surface area contributed by atoms with E-state index in [1.54, 1.807) is 4.68 Å². The number of aromatic nitrogens is 2. The van der Waals surface area contributed by atoms with Crippen LogP contribution in [0.1, 0.15) is 38.3 Å². The number of hydrogen-bond acceptors (Lipinski definition) is 4. The SMILES string of the molecule is CCc1nn(C)cc1NCC(O)COC1CCCC1. The first-order valence-corrected chi connectivity index (χ1v) is 7.25. The molecule has 19 heavy (non-hydrogen) atoms. The molecule has 0 saturated heterocycles. The van der Waals surface area contributed by atoms with Crippen LogP contribution in [0.3, 0.4) is 0 Å². The summed E-state index contributed by atoms with van der Waals surface area (Å²) in [5.41, 5.74) is 2.04. The van der Waals surface area contributed by atoms with Crippen LogP contribution >= 0.6 is 0 Å². The van der Waals surface area contributed by atoms with E-state index in [1.165, 1.54) is 12.8 Å². The third-order valence-corrected chi connectivity index (χ3v) is 3.59. The Labute approximate surface area is 115 Å². The maximum absolute atomic E-state index is 9.93. The quantitative estimate of drug-likeness (QED) is 0.789. The highest BCUT2D eigenvalue weighted by Crippen LogP contribution is 2.21. The fraction of sp³-hybridized carbons (Fsp3) is 0.786. The first kappa shape index (κ1) is 14.3. The number of anilines is 1. The van der Waals surface area contributed by atoms with Crippen molar-refractivity contribution in [3.05, 3.63) is 11.9 Å². The molecule has 0 bridgehead atoms. The van der Waals surface area contributed by atoms with E-state index in [0.717, 1.165) is 30.6 Å². The van der Waals surface area contributed by atoms with Crippen molar-refractivity contribution < 1.29 is 9.84 Å². The van der Waals surface area contributed by atoms with Gasteiger partial charge in [-0.2, -0.15) is 5.10 Å². The average Bonchev–Trinajstić information content (AvgIpc) is 3.02. The van der Waals surface area contributed by atoms with Gasteiger partial charge in [0.1, 0.15) is 0 Å². The minimum Gasteiger partial charge on any atom is -0.389 e. The summed E-state index contributed by atoms with van der Waals surface area (Å²) in [6, 6.07) is 0. The van der Waals surface area contributed by atoms with Crippen LogP contribution < -0.4 is 5.32 Å². The molecule has 1 fully saturated rings. The predicted molar refractivity (Wildman–Crippen MR) is 75.3 cm³/mol. The summed E-state index contributed by atoms with van der Waals surface area (Å²) in [4.78, 5) is 0. The maximum atomic E-state index is 9.93. The zero-order valence-corrected chi connectivity index (χ0v) is 11.9. The Morgan fingerprint density at radius 1 is 1.53 bits per heavy atom. The van der Waals surface area contributed by atoms with Crippen LogP contribution in [0.25, 0.3) is 0 Å². The van der Waals surface area contributed by atoms with Crippen molar-refractivity contribution in [2.24, 2.45) is 7.05 Å². The van der Waals surface area contributed by atoms with Gasteiger partial charge in [-0.3, -0.25) is 4.68 Å². The lowest BCUT2D eigenvalue weighted by molar-refractivity contribution is -0.00117. The standard InChI is InChI=1S/C14H25N3O2/c1-3-13-14(9-17(2)16-13)15-8-11(18)10-19-12-6-4-5-7-12/h9,11-12,15,18H,3-8,10H2,1-2H3. The third kappa shape index (κ3) is 4.21. The molecular formula is C14H25N3O2. The monoisotopic (exact) mass is 267 g/mol. The van der Waals surface area contributed by atoms with Gasteiger partial charge in [-0.15, -0.1) is 0 Å². The highest BCUT2D eigenvalue weighted by molar-refractivity contribution is 5.46. The molecule has 5 nitrogen and oxygen atoms in total. The van der Waals surface area contributed by atoms with E-state index in [4.69, 9.17) is 4.74 Å². The van der Waals surface area contributed by atoms with Crippen LogP contribution in [-0.4, -0.2) is 40.2 Å². The van der Waals surface area contributed by atoms with Crippen LogP contribution in [0.2, 0.25) is 0 Å². The second kappa shape index (κ2) is 6.91. The van der Waals surface area contributed by atoms with Crippen LogP contribution in [-0.2, 0) is 18.2 Å². The zero-order chi connectivity index (χ0) is 13.7. The van der Waals surface area contributed by atoms with E-state index in [9.17, 15) is 5.11 Å². The minimum absolute atomic E-state index is 0.360. The molecule has 1 aliphatic rings. The molecule has 0 spiro atoms. The van der Waals surface area contributed by atoms with Gasteiger partial charge in [-0.1, -0.05) is 19.8 Å². The van der Waals surface area contributed by atoms with Crippen molar-refractivity contribution in [3.63, 3.8) is 0 Å². The molecule has 0 aromatic carbocycles. The topological polar surface area (TPSA) is 59.3 Å². The first-order chi connectivity index (χ1) is 9.19. The summed E-state index contributed by atoms with van der Waals surface area (Å²) >= 11 is 0. The summed E-state index contributed by atoms with van der Waals surface area (Å²) < 4.78 is 7.50. The highest BCUT2D eigenvalue weighted by Gasteiger charge is 2.17. The van der Waals surface area contributed by atoms with Crippen molar-refractivity contribution in [3.8, 4) is 0 Å². The highest BCUT2D eigenvalue weighted by atomic mass is 16.5. The van der Waals surface area contributed by atoms with E-state index in [0.29, 0.717) is 19.3 Å². The van der Waals surface area contributed by atoms with Gasteiger partial charge in [0.05, 0.1) is 30.2 Å². The molecule has 2 rings (SSSR count). The van der Waals surface area contributed by atoms with Gasteiger partial charge in [0.25, 0.3) is 0 Å². The van der Waals surface area contributed by atoms with Gasteiger partial charge in [0.2, 0.25) is 0 Å². The molecule has 1 atom stereocenters. The van der Waals surface area contributed by atoms with E-state index >= 15 is 0 Å². The summed E-state index contributed by atoms with van der Waals surface area (Å²) in [5.74, 6) is 0. The predicted octanol–water partition coefficient (Wildman–Crippen LogP) is 1.71. The number of nitrogens with one attached hydrogen (secondary N) is 1. The molecule has 1 heterocycles. The van der Waals surface area contributed by atoms with Gasteiger partial charge in [-0.05, 0) is 19.3 Å². The lowest BCUT2D eigenvalue weighted by Gasteiger charge is -2.16. The smallest absolute Gasteiger partial charge is 0.0945 e. The number of aryl methyl sites for hydroxylation is 2. The Kier molecular flexibility index (Phi) is 5.22. The molecule has 108 valence electrons. The van der Waals surface area contributed by atoms with Crippen LogP contribution in [0.5, 0.6) is 0 Å². The lowest BCUT2D eigenvalue weighted by Crippen LogP contribution is -2.27. The molecule has 1 aliphatic carbocycles. The largest absolute Gasteiger partial charge is 0.389 e. The van der Waals surface area contributed by atoms with Crippen LogP contribution in [0.4, 0.5) is 5.69 Å². The average molecular weight is 267 g/mol. The van der Waals surface area contributed by atoms with E-state index in [1.807, 2.05) is 13.2 Å². The Morgan fingerprint density at radius 2 is 2.26 bits per heavy atom. The molecular weight excluding hydrogens is 242 g/mol. The van der Waals surface area contributed by atoms with Gasteiger partial charge in [0, 0.05) is 19.8 Å². The molecule has 0 radical (unpaired) electrons. The second-order valence-electron chi connectivity index (χ2n) is 5.29. The molecule has 1 aromatic heterocycles. The summed E-state index contributed by atoms with van der Waals surface area (Å²) in [5, 5.41) is 17.5. The van der Waals surface area contributed by atoms with E-state index < -0.39 is 6.10 Å². The van der Waals surface area contributed by atoms with E-state index in [2.05, 4.69) is 17.3 Å². The Balaban J connectivity index is 1.71. The molecule has 1 unspecified atom stereocenters. The van der Waals surface area contributed by atoms with Gasteiger partial charge < -0.3 is 15.2 Å². The van der Waals surface area contributed by atoms with Crippen LogP contribution in [0.15, 0.2) is 6.20 Å². The number of nitrogens with zero attached hydrogens (tertiary/aromatic N) is 2. The van der Waals surface area contributed by atoms with Gasteiger partial charge in [-0.25, -0.2) is 0 Å². The van der Waals surface area contributed by atoms with Crippen molar-refractivity contribution >= 4 is 5.69 Å². The third-order valence-electron chi connectivity index (χ3n) is 3.59. The molecule has 2 N–H and O–H groups in total. The Morgan fingerprint density at radius 3 is 2.95 bits per heavy atom. The summed E-state index contributed by atoms with van der Waals surface area (Å²) in [7, 11) is 1.91. The number of aliphatic hydroxyl groups is 1. The maximum Gasteiger partial charge on any atom is 0.0945 e. The minimum atomic E-state index is -0.467. The van der Waals surface area contributed by atoms with Gasteiger partial charge in [0.15, 0.2) is 0 Å². The molecule has 1 saturated carbocycles. The van der Waals surface area contributed by atoms with Gasteiger partial charge >= 0.3 is 0 Å². The second-order valence-corrected chi connectivity index (χ2v) is 5.29. The van der Waals surface area contributed by atoms with Crippen molar-refractivity contribution in [1.29, 1.82) is 0 Å². The van der Waals surface area contributed by atoms with E-state index in [-0.39, 0.29) is 0 Å². The lowest BCUT2D eigenvalue weighted by atomic mass is 10.3. The molecule has 0 aliphatic heterocycles. The summed E-state index contributed by atoms with van der Waals surface area (Å²) in [6.07, 6.45) is 7.53. The first-order valence-electron chi connectivity index (χ1n) is 7.25. The van der Waals surface area contributed by atoms with Crippen molar-refractivity contribution in [2.45, 2.75) is 51.2 Å². The normalized spacial score (nSPS) is 17.8. The summed E-state index contributed by atoms with van der Waals surface area (Å²) in [6.45, 7) is 3.00. The Bertz CT molecular complexity index is 386. The molecule has 1 aromatic rings. The molecule has 0 amide bonds. The Hall–Kier alpha value is -1.07. The number of hydrogen-bond donors (Lipinski definition) is 2. The zero-order valence-electron chi connectivity index (χ0n) is 11.9. The fourth-order valence-electron chi connectivity index (χ4n) is 2.53. The number of rotatable bonds is 7. The number of ether oxygens (including phenoxy) is 1. The fourth-order valence-corrected chi connectivity index (χ4v) is 2.53. The number of aliphatic hydroxyl groups excluding tert-OH is 1. The molecule has 5 heteroatoms.